The number of amides is 4. The second-order valence-electron chi connectivity index (χ2n) is 6.55. The van der Waals surface area contributed by atoms with Crippen LogP contribution in [0.3, 0.4) is 0 Å². The second-order valence-corrected chi connectivity index (χ2v) is 7.55. The Morgan fingerprint density at radius 3 is 2.87 bits per heavy atom. The first kappa shape index (κ1) is 16.0. The van der Waals surface area contributed by atoms with Gasteiger partial charge in [-0.3, -0.25) is 14.5 Å². The van der Waals surface area contributed by atoms with E-state index in [4.69, 9.17) is 0 Å². The molecular formula is C16H21N3O3S. The van der Waals surface area contributed by atoms with Crippen molar-refractivity contribution in [3.05, 3.63) is 21.9 Å². The summed E-state index contributed by atoms with van der Waals surface area (Å²) in [5.41, 5.74) is 0.397. The Kier molecular flexibility index (Phi) is 4.14. The highest BCUT2D eigenvalue weighted by molar-refractivity contribution is 7.10. The molecule has 1 saturated heterocycles. The summed E-state index contributed by atoms with van der Waals surface area (Å²) in [6.45, 7) is 5.09. The number of hydrogen-bond acceptors (Lipinski definition) is 4. The van der Waals surface area contributed by atoms with Gasteiger partial charge in [0.1, 0.15) is 5.54 Å². The topological polar surface area (TPSA) is 69.7 Å². The van der Waals surface area contributed by atoms with Gasteiger partial charge in [0, 0.05) is 30.9 Å². The fraction of sp³-hybridized carbons (Fsp3) is 0.562. The first-order valence-corrected chi connectivity index (χ1v) is 8.73. The molecule has 4 amide bonds. The van der Waals surface area contributed by atoms with Gasteiger partial charge in [-0.15, -0.1) is 11.3 Å². The van der Waals surface area contributed by atoms with E-state index in [1.807, 2.05) is 4.90 Å². The van der Waals surface area contributed by atoms with Crippen LogP contribution in [0.1, 0.15) is 37.1 Å². The number of carbonyl (C=O) groups is 3. The molecule has 0 radical (unpaired) electrons. The van der Waals surface area contributed by atoms with Gasteiger partial charge in [-0.25, -0.2) is 4.79 Å². The molecule has 6 nitrogen and oxygen atoms in total. The van der Waals surface area contributed by atoms with Crippen LogP contribution >= 0.6 is 11.3 Å². The summed E-state index contributed by atoms with van der Waals surface area (Å²) in [6.07, 6.45) is 1.78. The van der Waals surface area contributed by atoms with Crippen molar-refractivity contribution < 1.29 is 14.4 Å². The van der Waals surface area contributed by atoms with E-state index < -0.39 is 5.54 Å². The van der Waals surface area contributed by atoms with Gasteiger partial charge in [-0.2, -0.15) is 0 Å². The standard InChI is InChI=1S/C16H21N3O3S/c1-16(2)14(21)19(15(22)17-16)7-3-4-13(20)18-8-5-12-11(10-18)6-9-23-12/h6,9H,3-5,7-8,10H2,1-2H3,(H,17,22). The first-order valence-electron chi connectivity index (χ1n) is 7.85. The summed E-state index contributed by atoms with van der Waals surface area (Å²) in [4.78, 5) is 40.6. The van der Waals surface area contributed by atoms with Gasteiger partial charge in [-0.1, -0.05) is 0 Å². The van der Waals surface area contributed by atoms with E-state index in [2.05, 4.69) is 16.8 Å². The molecule has 1 aromatic heterocycles. The fourth-order valence-corrected chi connectivity index (χ4v) is 3.92. The number of carbonyl (C=O) groups excluding carboxylic acids is 3. The maximum atomic E-state index is 12.3. The van der Waals surface area contributed by atoms with Crippen LogP contribution < -0.4 is 5.32 Å². The van der Waals surface area contributed by atoms with E-state index in [0.717, 1.165) is 13.0 Å². The minimum Gasteiger partial charge on any atom is -0.338 e. The van der Waals surface area contributed by atoms with E-state index in [9.17, 15) is 14.4 Å². The van der Waals surface area contributed by atoms with Gasteiger partial charge in [0.15, 0.2) is 0 Å². The minimum atomic E-state index is -0.844. The number of imide groups is 1. The average molecular weight is 335 g/mol. The molecule has 0 unspecified atom stereocenters. The number of nitrogens with zero attached hydrogens (tertiary/aromatic N) is 2. The summed E-state index contributed by atoms with van der Waals surface area (Å²) in [5, 5.41) is 4.71. The van der Waals surface area contributed by atoms with E-state index >= 15 is 0 Å². The molecule has 1 N–H and O–H groups in total. The molecule has 0 spiro atoms. The van der Waals surface area contributed by atoms with Crippen LogP contribution in [0.15, 0.2) is 11.4 Å². The van der Waals surface area contributed by atoms with E-state index in [1.54, 1.807) is 25.2 Å². The minimum absolute atomic E-state index is 0.0909. The lowest BCUT2D eigenvalue weighted by molar-refractivity contribution is -0.133. The lowest BCUT2D eigenvalue weighted by Gasteiger charge is -2.27. The molecule has 3 rings (SSSR count). The van der Waals surface area contributed by atoms with Gasteiger partial charge >= 0.3 is 6.03 Å². The van der Waals surface area contributed by atoms with Crippen molar-refractivity contribution in [3.63, 3.8) is 0 Å². The van der Waals surface area contributed by atoms with E-state index in [-0.39, 0.29) is 24.4 Å². The van der Waals surface area contributed by atoms with Crippen molar-refractivity contribution in [3.8, 4) is 0 Å². The Labute approximate surface area is 139 Å². The SMILES string of the molecule is CC1(C)NC(=O)N(CCCC(=O)N2CCc3sccc3C2)C1=O. The summed E-state index contributed by atoms with van der Waals surface area (Å²) in [6, 6.07) is 1.71. The van der Waals surface area contributed by atoms with Crippen LogP contribution in [-0.4, -0.2) is 46.3 Å². The normalized spacial score (nSPS) is 19.7. The molecule has 0 bridgehead atoms. The maximum Gasteiger partial charge on any atom is 0.325 e. The Morgan fingerprint density at radius 2 is 2.17 bits per heavy atom. The van der Waals surface area contributed by atoms with Crippen LogP contribution in [0, 0.1) is 0 Å². The van der Waals surface area contributed by atoms with Crippen LogP contribution in [-0.2, 0) is 22.6 Å². The summed E-state index contributed by atoms with van der Waals surface area (Å²) >= 11 is 1.75. The van der Waals surface area contributed by atoms with Gasteiger partial charge in [-0.05, 0) is 43.7 Å². The third kappa shape index (κ3) is 3.10. The molecule has 0 atom stereocenters. The fourth-order valence-electron chi connectivity index (χ4n) is 3.03. The van der Waals surface area contributed by atoms with E-state index in [1.165, 1.54) is 15.3 Å². The molecule has 23 heavy (non-hydrogen) atoms. The van der Waals surface area contributed by atoms with Gasteiger partial charge < -0.3 is 10.2 Å². The third-order valence-electron chi connectivity index (χ3n) is 4.38. The Bertz CT molecular complexity index is 653. The van der Waals surface area contributed by atoms with E-state index in [0.29, 0.717) is 19.4 Å². The molecule has 2 aliphatic heterocycles. The number of thiophene rings is 1. The molecule has 0 saturated carbocycles. The molecule has 1 fully saturated rings. The van der Waals surface area contributed by atoms with Crippen LogP contribution in [0.4, 0.5) is 4.79 Å². The van der Waals surface area contributed by atoms with Crippen LogP contribution in [0.5, 0.6) is 0 Å². The molecule has 3 heterocycles. The smallest absolute Gasteiger partial charge is 0.325 e. The van der Waals surface area contributed by atoms with Gasteiger partial charge in [0.25, 0.3) is 5.91 Å². The number of nitrogens with one attached hydrogen (secondary N) is 1. The zero-order valence-electron chi connectivity index (χ0n) is 13.4. The van der Waals surface area contributed by atoms with Crippen molar-refractivity contribution in [2.75, 3.05) is 13.1 Å². The predicted molar refractivity (Wildman–Crippen MR) is 87.0 cm³/mol. The summed E-state index contributed by atoms with van der Waals surface area (Å²) in [5.74, 6) is -0.135. The Balaban J connectivity index is 1.49. The van der Waals surface area contributed by atoms with Crippen molar-refractivity contribution >= 4 is 29.2 Å². The van der Waals surface area contributed by atoms with Crippen molar-refractivity contribution in [2.24, 2.45) is 0 Å². The van der Waals surface area contributed by atoms with Gasteiger partial charge in [0.2, 0.25) is 5.91 Å². The Hall–Kier alpha value is -1.89. The summed E-state index contributed by atoms with van der Waals surface area (Å²) < 4.78 is 0. The number of hydrogen-bond donors (Lipinski definition) is 1. The number of fused-ring (bicyclic) bond motifs is 1. The summed E-state index contributed by atoms with van der Waals surface area (Å²) in [7, 11) is 0. The van der Waals surface area contributed by atoms with Crippen molar-refractivity contribution in [1.82, 2.24) is 15.1 Å². The first-order chi connectivity index (χ1) is 10.9. The van der Waals surface area contributed by atoms with Gasteiger partial charge in [0.05, 0.1) is 0 Å². The van der Waals surface area contributed by atoms with Crippen LogP contribution in [0.2, 0.25) is 0 Å². The molecule has 0 aromatic carbocycles. The highest BCUT2D eigenvalue weighted by atomic mass is 32.1. The maximum absolute atomic E-state index is 12.3. The second kappa shape index (κ2) is 5.96. The number of urea groups is 1. The number of rotatable bonds is 4. The molecule has 1 aromatic rings. The predicted octanol–water partition coefficient (Wildman–Crippen LogP) is 1.74. The zero-order valence-corrected chi connectivity index (χ0v) is 14.2. The largest absolute Gasteiger partial charge is 0.338 e. The molecule has 124 valence electrons. The van der Waals surface area contributed by atoms with Crippen molar-refractivity contribution in [2.45, 2.75) is 45.2 Å². The zero-order chi connectivity index (χ0) is 16.6. The lowest BCUT2D eigenvalue weighted by Crippen LogP contribution is -2.40. The lowest BCUT2D eigenvalue weighted by atomic mass is 10.1. The molecule has 2 aliphatic rings. The third-order valence-corrected chi connectivity index (χ3v) is 5.40. The quantitative estimate of drug-likeness (QED) is 0.852. The Morgan fingerprint density at radius 1 is 1.39 bits per heavy atom. The highest BCUT2D eigenvalue weighted by Gasteiger charge is 2.43. The van der Waals surface area contributed by atoms with Crippen LogP contribution in [0.25, 0.3) is 0 Å². The average Bonchev–Trinajstić information content (AvgIpc) is 3.03. The highest BCUT2D eigenvalue weighted by Crippen LogP contribution is 2.24. The molecule has 0 aliphatic carbocycles. The van der Waals surface area contributed by atoms with Crippen molar-refractivity contribution in [1.29, 1.82) is 0 Å². The molecule has 7 heteroatoms. The monoisotopic (exact) mass is 335 g/mol. The molecular weight excluding hydrogens is 314 g/mol.